The predicted octanol–water partition coefficient (Wildman–Crippen LogP) is 7.13. The van der Waals surface area contributed by atoms with Crippen LogP contribution in [0.15, 0.2) is 108 Å². The monoisotopic (exact) mass is 431 g/mol. The summed E-state index contributed by atoms with van der Waals surface area (Å²) in [5, 5.41) is 1.76. The smallest absolute Gasteiger partial charge is 0.259 e. The summed E-state index contributed by atoms with van der Waals surface area (Å²) < 4.78 is 7.83. The van der Waals surface area contributed by atoms with Crippen LogP contribution in [0, 0.1) is 13.8 Å². The van der Waals surface area contributed by atoms with E-state index in [1.54, 1.807) is 0 Å². The van der Waals surface area contributed by atoms with Crippen molar-refractivity contribution < 1.29 is 4.74 Å². The lowest BCUT2D eigenvalue weighted by Gasteiger charge is -2.17. The highest BCUT2D eigenvalue weighted by Crippen LogP contribution is 2.28. The van der Waals surface area contributed by atoms with Gasteiger partial charge in [0.15, 0.2) is 0 Å². The highest BCUT2D eigenvalue weighted by atomic mass is 16.5. The van der Waals surface area contributed by atoms with Crippen LogP contribution in [0.4, 0.5) is 0 Å². The number of benzene rings is 4. The van der Waals surface area contributed by atoms with Crippen molar-refractivity contribution in [1.82, 2.24) is 4.57 Å². The van der Waals surface area contributed by atoms with Gasteiger partial charge in [-0.1, -0.05) is 66.2 Å². The Bertz CT molecular complexity index is 1470. The van der Waals surface area contributed by atoms with E-state index in [4.69, 9.17) is 4.74 Å². The molecule has 0 radical (unpaired) electrons. The van der Waals surface area contributed by atoms with Crippen LogP contribution in [0.1, 0.15) is 16.7 Å². The quantitative estimate of drug-likeness (QED) is 0.296. The topological polar surface area (TPSA) is 31.2 Å². The molecule has 0 aliphatic carbocycles. The van der Waals surface area contributed by atoms with E-state index < -0.39 is 0 Å². The van der Waals surface area contributed by atoms with E-state index in [0.29, 0.717) is 6.54 Å². The molecule has 0 N–H and O–H groups in total. The second-order valence-electron chi connectivity index (χ2n) is 8.39. The van der Waals surface area contributed by atoms with Gasteiger partial charge >= 0.3 is 0 Å². The van der Waals surface area contributed by atoms with Gasteiger partial charge in [0.1, 0.15) is 11.5 Å². The second-order valence-corrected chi connectivity index (χ2v) is 8.39. The van der Waals surface area contributed by atoms with Gasteiger partial charge < -0.3 is 9.30 Å². The Hall–Kier alpha value is -4.11. The van der Waals surface area contributed by atoms with Crippen molar-refractivity contribution >= 4 is 10.8 Å². The minimum Gasteiger partial charge on any atom is -0.457 e. The van der Waals surface area contributed by atoms with E-state index >= 15 is 0 Å². The Morgan fingerprint density at radius 2 is 1.36 bits per heavy atom. The number of aryl methyl sites for hydroxylation is 2. The molecule has 5 rings (SSSR count). The summed E-state index contributed by atoms with van der Waals surface area (Å²) in [6.45, 7) is 4.59. The zero-order chi connectivity index (χ0) is 22.8. The number of hydrogen-bond acceptors (Lipinski definition) is 2. The van der Waals surface area contributed by atoms with Crippen molar-refractivity contribution in [2.75, 3.05) is 0 Å². The third kappa shape index (κ3) is 4.31. The lowest BCUT2D eigenvalue weighted by Crippen LogP contribution is -2.23. The fraction of sp³-hybridized carbons (Fsp3) is 0.100. The molecule has 0 saturated carbocycles. The van der Waals surface area contributed by atoms with Gasteiger partial charge in [0.05, 0.1) is 17.6 Å². The first kappa shape index (κ1) is 20.8. The van der Waals surface area contributed by atoms with Gasteiger partial charge in [-0.15, -0.1) is 0 Å². The third-order valence-electron chi connectivity index (χ3n) is 5.86. The minimum absolute atomic E-state index is 0.0356. The van der Waals surface area contributed by atoms with E-state index in [9.17, 15) is 4.79 Å². The first-order valence-electron chi connectivity index (χ1n) is 11.1. The number of pyridine rings is 1. The molecule has 0 aliphatic rings. The van der Waals surface area contributed by atoms with E-state index in [1.807, 2.05) is 84.3 Å². The molecule has 4 aromatic carbocycles. The van der Waals surface area contributed by atoms with Gasteiger partial charge in [0, 0.05) is 0 Å². The molecule has 0 bridgehead atoms. The first-order chi connectivity index (χ1) is 16.1. The van der Waals surface area contributed by atoms with E-state index in [1.165, 1.54) is 0 Å². The molecule has 0 saturated heterocycles. The molecule has 0 amide bonds. The summed E-state index contributed by atoms with van der Waals surface area (Å²) in [5.41, 5.74) is 5.16. The van der Waals surface area contributed by atoms with Crippen molar-refractivity contribution in [3.8, 4) is 22.8 Å². The van der Waals surface area contributed by atoms with Gasteiger partial charge in [-0.3, -0.25) is 4.79 Å². The van der Waals surface area contributed by atoms with Crippen molar-refractivity contribution in [3.63, 3.8) is 0 Å². The van der Waals surface area contributed by atoms with E-state index in [-0.39, 0.29) is 5.56 Å². The molecule has 1 aromatic heterocycles. The Kier molecular flexibility index (Phi) is 5.54. The summed E-state index contributed by atoms with van der Waals surface area (Å²) in [7, 11) is 0. The fourth-order valence-electron chi connectivity index (χ4n) is 4.36. The van der Waals surface area contributed by atoms with Gasteiger partial charge in [-0.05, 0) is 78.4 Å². The summed E-state index contributed by atoms with van der Waals surface area (Å²) in [6.07, 6.45) is 0. The van der Waals surface area contributed by atoms with E-state index in [0.717, 1.165) is 50.2 Å². The molecular formula is C30H25NO2. The summed E-state index contributed by atoms with van der Waals surface area (Å²) in [5.74, 6) is 1.55. The van der Waals surface area contributed by atoms with Crippen molar-refractivity contribution in [2.45, 2.75) is 20.4 Å². The molecule has 3 nitrogen and oxygen atoms in total. The van der Waals surface area contributed by atoms with Crippen LogP contribution < -0.4 is 10.3 Å². The number of aromatic nitrogens is 1. The van der Waals surface area contributed by atoms with Crippen LogP contribution in [0.3, 0.4) is 0 Å². The van der Waals surface area contributed by atoms with Crippen molar-refractivity contribution in [3.05, 3.63) is 130 Å². The van der Waals surface area contributed by atoms with Crippen LogP contribution in [-0.2, 0) is 6.54 Å². The largest absolute Gasteiger partial charge is 0.457 e. The highest BCUT2D eigenvalue weighted by Gasteiger charge is 2.14. The second kappa shape index (κ2) is 8.79. The summed E-state index contributed by atoms with van der Waals surface area (Å²) in [4.78, 5) is 13.7. The number of hydrogen-bond donors (Lipinski definition) is 0. The number of ether oxygens (including phenoxy) is 1. The SMILES string of the molecule is Cc1cc(C)c2c(=O)n(Cc3ccccc3)c(-c3ccc(Oc4ccccc4)cc3)cc2c1. The number of para-hydroxylation sites is 1. The lowest BCUT2D eigenvalue weighted by atomic mass is 10.0. The van der Waals surface area contributed by atoms with Crippen LogP contribution in [-0.4, -0.2) is 4.57 Å². The first-order valence-corrected chi connectivity index (χ1v) is 11.1. The van der Waals surface area contributed by atoms with Crippen LogP contribution >= 0.6 is 0 Å². The fourth-order valence-corrected chi connectivity index (χ4v) is 4.36. The molecule has 0 fully saturated rings. The molecule has 3 heteroatoms. The number of nitrogens with zero attached hydrogens (tertiary/aromatic N) is 1. The summed E-state index contributed by atoms with van der Waals surface area (Å²) in [6, 6.07) is 34.1. The third-order valence-corrected chi connectivity index (χ3v) is 5.86. The lowest BCUT2D eigenvalue weighted by molar-refractivity contribution is 0.483. The predicted molar refractivity (Wildman–Crippen MR) is 135 cm³/mol. The maximum absolute atomic E-state index is 13.7. The van der Waals surface area contributed by atoms with Gasteiger partial charge in [-0.2, -0.15) is 0 Å². The van der Waals surface area contributed by atoms with Crippen LogP contribution in [0.2, 0.25) is 0 Å². The molecule has 0 atom stereocenters. The molecule has 162 valence electrons. The number of fused-ring (bicyclic) bond motifs is 1. The minimum atomic E-state index is 0.0356. The Balaban J connectivity index is 1.63. The molecule has 0 unspecified atom stereocenters. The van der Waals surface area contributed by atoms with Crippen molar-refractivity contribution in [2.24, 2.45) is 0 Å². The maximum atomic E-state index is 13.7. The summed E-state index contributed by atoms with van der Waals surface area (Å²) >= 11 is 0. The average Bonchev–Trinajstić information content (AvgIpc) is 2.82. The average molecular weight is 432 g/mol. The molecule has 1 heterocycles. The van der Waals surface area contributed by atoms with Crippen LogP contribution in [0.25, 0.3) is 22.0 Å². The molecule has 5 aromatic rings. The zero-order valence-corrected chi connectivity index (χ0v) is 18.8. The Morgan fingerprint density at radius 3 is 2.06 bits per heavy atom. The molecule has 0 spiro atoms. The molecular weight excluding hydrogens is 406 g/mol. The van der Waals surface area contributed by atoms with Crippen molar-refractivity contribution in [1.29, 1.82) is 0 Å². The zero-order valence-electron chi connectivity index (χ0n) is 18.8. The van der Waals surface area contributed by atoms with Gasteiger partial charge in [-0.25, -0.2) is 0 Å². The van der Waals surface area contributed by atoms with Gasteiger partial charge in [0.2, 0.25) is 0 Å². The molecule has 33 heavy (non-hydrogen) atoms. The number of rotatable bonds is 5. The Morgan fingerprint density at radius 1 is 0.727 bits per heavy atom. The highest BCUT2D eigenvalue weighted by molar-refractivity contribution is 5.88. The van der Waals surface area contributed by atoms with Gasteiger partial charge in [0.25, 0.3) is 5.56 Å². The normalized spacial score (nSPS) is 11.0. The Labute approximate surface area is 193 Å². The van der Waals surface area contributed by atoms with E-state index in [2.05, 4.69) is 37.3 Å². The maximum Gasteiger partial charge on any atom is 0.259 e. The molecule has 0 aliphatic heterocycles. The van der Waals surface area contributed by atoms with Crippen LogP contribution in [0.5, 0.6) is 11.5 Å². The standard InChI is InChI=1S/C30H25NO2/c1-21-17-22(2)29-25(18-21)19-28(31(30(29)32)20-23-9-5-3-6-10-23)24-13-15-27(16-14-24)33-26-11-7-4-8-12-26/h3-19H,20H2,1-2H3.